The topological polar surface area (TPSA) is 58.1 Å². The predicted molar refractivity (Wildman–Crippen MR) is 95.7 cm³/mol. The SMILES string of the molecule is O=C(NC1CCN(c2ncnc3c2CCCC3)CC1)c1ccsc1. The Labute approximate surface area is 146 Å². The second-order valence-corrected chi connectivity index (χ2v) is 7.36. The van der Waals surface area contributed by atoms with E-state index in [2.05, 4.69) is 20.2 Å². The molecule has 2 aromatic rings. The summed E-state index contributed by atoms with van der Waals surface area (Å²) in [7, 11) is 0. The number of thiophene rings is 1. The molecule has 0 bridgehead atoms. The number of nitrogens with zero attached hydrogens (tertiary/aromatic N) is 3. The van der Waals surface area contributed by atoms with Gasteiger partial charge in [0.15, 0.2) is 0 Å². The summed E-state index contributed by atoms with van der Waals surface area (Å²) >= 11 is 1.56. The van der Waals surface area contributed by atoms with Gasteiger partial charge >= 0.3 is 0 Å². The maximum atomic E-state index is 12.2. The van der Waals surface area contributed by atoms with Gasteiger partial charge in [0.2, 0.25) is 0 Å². The van der Waals surface area contributed by atoms with Crippen LogP contribution in [0.1, 0.15) is 47.3 Å². The van der Waals surface area contributed by atoms with Crippen molar-refractivity contribution in [2.24, 2.45) is 0 Å². The lowest BCUT2D eigenvalue weighted by molar-refractivity contribution is 0.0931. The van der Waals surface area contributed by atoms with Gasteiger partial charge in [-0.15, -0.1) is 0 Å². The van der Waals surface area contributed by atoms with Gasteiger partial charge in [0.1, 0.15) is 12.1 Å². The van der Waals surface area contributed by atoms with E-state index in [1.54, 1.807) is 17.7 Å². The van der Waals surface area contributed by atoms with Crippen LogP contribution in [0.25, 0.3) is 0 Å². The van der Waals surface area contributed by atoms with Crippen LogP contribution in [0.2, 0.25) is 0 Å². The van der Waals surface area contributed by atoms with Crippen molar-refractivity contribution in [1.82, 2.24) is 15.3 Å². The fraction of sp³-hybridized carbons (Fsp3) is 0.500. The number of carbonyl (C=O) groups excluding carboxylic acids is 1. The summed E-state index contributed by atoms with van der Waals surface area (Å²) in [6.45, 7) is 1.88. The number of piperidine rings is 1. The quantitative estimate of drug-likeness (QED) is 0.932. The van der Waals surface area contributed by atoms with E-state index in [1.165, 1.54) is 24.1 Å². The molecule has 1 aliphatic carbocycles. The molecule has 1 fully saturated rings. The summed E-state index contributed by atoms with van der Waals surface area (Å²) in [4.78, 5) is 23.6. The van der Waals surface area contributed by atoms with E-state index >= 15 is 0 Å². The second kappa shape index (κ2) is 6.89. The monoisotopic (exact) mass is 342 g/mol. The van der Waals surface area contributed by atoms with E-state index in [4.69, 9.17) is 0 Å². The van der Waals surface area contributed by atoms with Gasteiger partial charge in [-0.1, -0.05) is 0 Å². The Morgan fingerprint density at radius 3 is 2.83 bits per heavy atom. The van der Waals surface area contributed by atoms with E-state index in [-0.39, 0.29) is 11.9 Å². The number of fused-ring (bicyclic) bond motifs is 1. The van der Waals surface area contributed by atoms with Crippen LogP contribution in [0.4, 0.5) is 5.82 Å². The molecule has 1 N–H and O–H groups in total. The molecule has 1 saturated heterocycles. The van der Waals surface area contributed by atoms with E-state index < -0.39 is 0 Å². The van der Waals surface area contributed by atoms with Crippen molar-refractivity contribution in [1.29, 1.82) is 0 Å². The molecule has 0 radical (unpaired) electrons. The number of hydrogen-bond donors (Lipinski definition) is 1. The highest BCUT2D eigenvalue weighted by molar-refractivity contribution is 7.08. The van der Waals surface area contributed by atoms with Gasteiger partial charge < -0.3 is 10.2 Å². The lowest BCUT2D eigenvalue weighted by Crippen LogP contribution is -2.45. The fourth-order valence-electron chi connectivity index (χ4n) is 3.67. The summed E-state index contributed by atoms with van der Waals surface area (Å²) in [5.41, 5.74) is 3.36. The summed E-state index contributed by atoms with van der Waals surface area (Å²) in [5.74, 6) is 1.18. The maximum absolute atomic E-state index is 12.2. The third-order valence-corrected chi connectivity index (χ3v) is 5.70. The molecule has 3 heterocycles. The van der Waals surface area contributed by atoms with Crippen molar-refractivity contribution in [2.75, 3.05) is 18.0 Å². The number of amides is 1. The highest BCUT2D eigenvalue weighted by atomic mass is 32.1. The van der Waals surface area contributed by atoms with Gasteiger partial charge in [0.05, 0.1) is 0 Å². The first kappa shape index (κ1) is 15.6. The van der Waals surface area contributed by atoms with Crippen LogP contribution in [-0.4, -0.2) is 35.0 Å². The largest absolute Gasteiger partial charge is 0.356 e. The van der Waals surface area contributed by atoms with Gasteiger partial charge in [0, 0.05) is 41.3 Å². The van der Waals surface area contributed by atoms with Crippen LogP contribution in [0.15, 0.2) is 23.2 Å². The Balaban J connectivity index is 1.39. The standard InChI is InChI=1S/C18H22N4OS/c23-18(13-7-10-24-11-13)21-14-5-8-22(9-6-14)17-15-3-1-2-4-16(15)19-12-20-17/h7,10-12,14H,1-6,8-9H2,(H,21,23). The summed E-state index contributed by atoms with van der Waals surface area (Å²) in [6.07, 6.45) is 8.30. The van der Waals surface area contributed by atoms with Gasteiger partial charge in [-0.05, 0) is 50.0 Å². The molecule has 126 valence electrons. The summed E-state index contributed by atoms with van der Waals surface area (Å²) in [6, 6.07) is 2.13. The molecule has 4 rings (SSSR count). The second-order valence-electron chi connectivity index (χ2n) is 6.58. The van der Waals surface area contributed by atoms with Crippen LogP contribution in [-0.2, 0) is 12.8 Å². The Bertz CT molecular complexity index is 708. The Hall–Kier alpha value is -1.95. The zero-order valence-electron chi connectivity index (χ0n) is 13.7. The number of nitrogens with one attached hydrogen (secondary N) is 1. The normalized spacial score (nSPS) is 18.2. The third-order valence-electron chi connectivity index (χ3n) is 5.02. The summed E-state index contributed by atoms with van der Waals surface area (Å²) < 4.78 is 0. The lowest BCUT2D eigenvalue weighted by atomic mass is 9.95. The minimum atomic E-state index is 0.0501. The molecule has 5 nitrogen and oxygen atoms in total. The van der Waals surface area contributed by atoms with E-state index in [0.717, 1.165) is 50.2 Å². The number of rotatable bonds is 3. The highest BCUT2D eigenvalue weighted by Crippen LogP contribution is 2.28. The first-order valence-electron chi connectivity index (χ1n) is 8.72. The number of aromatic nitrogens is 2. The predicted octanol–water partition coefficient (Wildman–Crippen LogP) is 2.82. The fourth-order valence-corrected chi connectivity index (χ4v) is 4.31. The van der Waals surface area contributed by atoms with E-state index in [9.17, 15) is 4.79 Å². The minimum absolute atomic E-state index is 0.0501. The van der Waals surface area contributed by atoms with Crippen molar-refractivity contribution in [3.8, 4) is 0 Å². The van der Waals surface area contributed by atoms with Crippen LogP contribution in [0.5, 0.6) is 0 Å². The molecule has 1 aliphatic heterocycles. The number of hydrogen-bond acceptors (Lipinski definition) is 5. The zero-order chi connectivity index (χ0) is 16.4. The molecule has 0 aromatic carbocycles. The van der Waals surface area contributed by atoms with Crippen LogP contribution >= 0.6 is 11.3 Å². The van der Waals surface area contributed by atoms with Crippen LogP contribution in [0, 0.1) is 0 Å². The molecular formula is C18H22N4OS. The Morgan fingerprint density at radius 1 is 1.21 bits per heavy atom. The highest BCUT2D eigenvalue weighted by Gasteiger charge is 2.25. The number of carbonyl (C=O) groups is 1. The first-order valence-corrected chi connectivity index (χ1v) is 9.66. The number of aryl methyl sites for hydroxylation is 1. The van der Waals surface area contributed by atoms with Crippen molar-refractivity contribution >= 4 is 23.1 Å². The van der Waals surface area contributed by atoms with Crippen molar-refractivity contribution in [2.45, 2.75) is 44.6 Å². The lowest BCUT2D eigenvalue weighted by Gasteiger charge is -2.35. The average molecular weight is 342 g/mol. The number of anilines is 1. The van der Waals surface area contributed by atoms with E-state index in [0.29, 0.717) is 0 Å². The van der Waals surface area contributed by atoms with Gasteiger partial charge in [-0.25, -0.2) is 9.97 Å². The molecule has 0 saturated carbocycles. The molecule has 1 amide bonds. The minimum Gasteiger partial charge on any atom is -0.356 e. The van der Waals surface area contributed by atoms with Gasteiger partial charge in [0.25, 0.3) is 5.91 Å². The molecule has 0 atom stereocenters. The molecule has 0 spiro atoms. The first-order chi connectivity index (χ1) is 11.8. The smallest absolute Gasteiger partial charge is 0.252 e. The molecule has 6 heteroatoms. The molecular weight excluding hydrogens is 320 g/mol. The Kier molecular flexibility index (Phi) is 4.47. The molecule has 24 heavy (non-hydrogen) atoms. The Morgan fingerprint density at radius 2 is 2.04 bits per heavy atom. The maximum Gasteiger partial charge on any atom is 0.252 e. The summed E-state index contributed by atoms with van der Waals surface area (Å²) in [5, 5.41) is 7.00. The third kappa shape index (κ3) is 3.15. The van der Waals surface area contributed by atoms with Crippen LogP contribution < -0.4 is 10.2 Å². The average Bonchev–Trinajstić information content (AvgIpc) is 3.17. The zero-order valence-corrected chi connectivity index (χ0v) is 14.5. The van der Waals surface area contributed by atoms with Crippen molar-refractivity contribution in [3.05, 3.63) is 40.0 Å². The van der Waals surface area contributed by atoms with Crippen LogP contribution in [0.3, 0.4) is 0 Å². The van der Waals surface area contributed by atoms with E-state index in [1.807, 2.05) is 16.8 Å². The molecule has 2 aromatic heterocycles. The van der Waals surface area contributed by atoms with Crippen molar-refractivity contribution in [3.63, 3.8) is 0 Å². The molecule has 2 aliphatic rings. The molecule has 0 unspecified atom stereocenters. The van der Waals surface area contributed by atoms with Crippen molar-refractivity contribution < 1.29 is 4.79 Å². The van der Waals surface area contributed by atoms with Gasteiger partial charge in [-0.2, -0.15) is 11.3 Å². The van der Waals surface area contributed by atoms with Gasteiger partial charge in [-0.3, -0.25) is 4.79 Å².